The molecule has 2 heterocycles. The molecule has 0 atom stereocenters. The van der Waals surface area contributed by atoms with Gasteiger partial charge in [0.2, 0.25) is 0 Å². The second kappa shape index (κ2) is 7.08. The molecule has 0 aliphatic carbocycles. The van der Waals surface area contributed by atoms with Crippen molar-refractivity contribution in [2.24, 2.45) is 0 Å². The van der Waals surface area contributed by atoms with Gasteiger partial charge in [0.1, 0.15) is 4.88 Å². The highest BCUT2D eigenvalue weighted by Gasteiger charge is 2.44. The van der Waals surface area contributed by atoms with Crippen LogP contribution < -0.4 is 0 Å². The van der Waals surface area contributed by atoms with Gasteiger partial charge < -0.3 is 10.0 Å². The van der Waals surface area contributed by atoms with Crippen LogP contribution >= 0.6 is 11.3 Å². The molecule has 3 rings (SSSR count). The maximum absolute atomic E-state index is 13.0. The summed E-state index contributed by atoms with van der Waals surface area (Å²) in [4.78, 5) is 32.1. The van der Waals surface area contributed by atoms with E-state index in [-0.39, 0.29) is 11.3 Å². The topological polar surface area (TPSA) is 70.5 Å². The molecule has 0 unspecified atom stereocenters. The van der Waals surface area contributed by atoms with Crippen molar-refractivity contribution in [2.75, 3.05) is 13.1 Å². The number of carboxylic acids is 1. The van der Waals surface area contributed by atoms with Crippen LogP contribution in [0, 0.1) is 6.92 Å². The highest BCUT2D eigenvalue weighted by atomic mass is 32.1. The monoisotopic (exact) mass is 386 g/mol. The molecule has 1 aromatic heterocycles. The van der Waals surface area contributed by atoms with Crippen LogP contribution in [0.3, 0.4) is 0 Å². The molecule has 0 radical (unpaired) electrons. The Labute approximate surface area is 164 Å². The van der Waals surface area contributed by atoms with Crippen LogP contribution in [0.2, 0.25) is 0 Å². The molecule has 1 saturated heterocycles. The fourth-order valence-electron chi connectivity index (χ4n) is 3.53. The number of hydrogen-bond acceptors (Lipinski definition) is 4. The van der Waals surface area contributed by atoms with Crippen LogP contribution in [0.25, 0.3) is 0 Å². The van der Waals surface area contributed by atoms with Gasteiger partial charge in [0.15, 0.2) is 0 Å². The Morgan fingerprint density at radius 3 is 2.22 bits per heavy atom. The largest absolute Gasteiger partial charge is 0.481 e. The zero-order chi connectivity index (χ0) is 19.8. The standard InChI is InChI=1S/C21H26N2O3S/c1-14-16(27-18(22-14)20(2,3)4)17(24)23-12-10-21(11-13-23,19(25)26)15-8-6-5-7-9-15/h5-9H,10-13H2,1-4H3,(H,25,26). The van der Waals surface area contributed by atoms with Crippen molar-refractivity contribution < 1.29 is 14.7 Å². The third-order valence-electron chi connectivity index (χ3n) is 5.27. The van der Waals surface area contributed by atoms with Crippen LogP contribution in [0.15, 0.2) is 30.3 Å². The zero-order valence-electron chi connectivity index (χ0n) is 16.3. The molecule has 1 aromatic carbocycles. The number of carboxylic acid groups (broad SMARTS) is 1. The van der Waals surface area contributed by atoms with Gasteiger partial charge in [-0.15, -0.1) is 11.3 Å². The van der Waals surface area contributed by atoms with E-state index in [2.05, 4.69) is 25.8 Å². The minimum absolute atomic E-state index is 0.0347. The number of hydrogen-bond donors (Lipinski definition) is 1. The summed E-state index contributed by atoms with van der Waals surface area (Å²) in [6.45, 7) is 8.99. The maximum Gasteiger partial charge on any atom is 0.314 e. The van der Waals surface area contributed by atoms with E-state index >= 15 is 0 Å². The first kappa shape index (κ1) is 19.5. The van der Waals surface area contributed by atoms with Gasteiger partial charge >= 0.3 is 5.97 Å². The van der Waals surface area contributed by atoms with Gasteiger partial charge in [-0.2, -0.15) is 0 Å². The summed E-state index contributed by atoms with van der Waals surface area (Å²) in [6, 6.07) is 9.36. The first-order valence-corrected chi connectivity index (χ1v) is 10.0. The lowest BCUT2D eigenvalue weighted by Gasteiger charge is -2.39. The van der Waals surface area contributed by atoms with Crippen LogP contribution in [-0.4, -0.2) is 40.0 Å². The number of rotatable bonds is 3. The fraction of sp³-hybridized carbons (Fsp3) is 0.476. The van der Waals surface area contributed by atoms with Gasteiger partial charge in [-0.25, -0.2) is 4.98 Å². The van der Waals surface area contributed by atoms with E-state index in [4.69, 9.17) is 0 Å². The Morgan fingerprint density at radius 1 is 1.15 bits per heavy atom. The van der Waals surface area contributed by atoms with Crippen molar-refractivity contribution in [1.82, 2.24) is 9.88 Å². The van der Waals surface area contributed by atoms with Crippen LogP contribution in [0.5, 0.6) is 0 Å². The average Bonchev–Trinajstić information content (AvgIpc) is 3.04. The molecule has 0 saturated carbocycles. The third kappa shape index (κ3) is 3.63. The summed E-state index contributed by atoms with van der Waals surface area (Å²) in [5, 5.41) is 10.9. The molecule has 144 valence electrons. The minimum atomic E-state index is -0.919. The number of carbonyl (C=O) groups is 2. The summed E-state index contributed by atoms with van der Waals surface area (Å²) in [6.07, 6.45) is 0.837. The summed E-state index contributed by atoms with van der Waals surface area (Å²) in [5.74, 6) is -0.850. The number of aromatic nitrogens is 1. The van der Waals surface area contributed by atoms with Gasteiger partial charge in [-0.3, -0.25) is 9.59 Å². The highest BCUT2D eigenvalue weighted by Crippen LogP contribution is 2.37. The number of thiazole rings is 1. The summed E-state index contributed by atoms with van der Waals surface area (Å²) < 4.78 is 0. The molecule has 1 N–H and O–H groups in total. The van der Waals surface area contributed by atoms with Gasteiger partial charge in [0.25, 0.3) is 5.91 Å². The Kier molecular flexibility index (Phi) is 5.12. The Hall–Kier alpha value is -2.21. The fourth-order valence-corrected chi connectivity index (χ4v) is 4.63. The number of likely N-dealkylation sites (tertiary alicyclic amines) is 1. The van der Waals surface area contributed by atoms with E-state index in [0.717, 1.165) is 16.3 Å². The molecular formula is C21H26N2O3S. The Morgan fingerprint density at radius 2 is 1.74 bits per heavy atom. The molecule has 1 aliphatic rings. The molecule has 0 bridgehead atoms. The lowest BCUT2D eigenvalue weighted by atomic mass is 9.73. The normalized spacial score (nSPS) is 17.0. The quantitative estimate of drug-likeness (QED) is 0.865. The maximum atomic E-state index is 13.0. The van der Waals surface area contributed by atoms with E-state index in [9.17, 15) is 14.7 Å². The van der Waals surface area contributed by atoms with Crippen molar-refractivity contribution in [2.45, 2.75) is 51.4 Å². The SMILES string of the molecule is Cc1nc(C(C)(C)C)sc1C(=O)N1CCC(C(=O)O)(c2ccccc2)CC1. The number of benzene rings is 1. The van der Waals surface area contributed by atoms with Crippen LogP contribution in [0.4, 0.5) is 0 Å². The van der Waals surface area contributed by atoms with Gasteiger partial charge in [0.05, 0.1) is 16.1 Å². The number of piperidine rings is 1. The average molecular weight is 387 g/mol. The first-order chi connectivity index (χ1) is 12.6. The summed E-state index contributed by atoms with van der Waals surface area (Å²) >= 11 is 1.45. The van der Waals surface area contributed by atoms with Crippen LogP contribution in [0.1, 0.15) is 59.5 Å². The number of amides is 1. The molecular weight excluding hydrogens is 360 g/mol. The lowest BCUT2D eigenvalue weighted by molar-refractivity contribution is -0.145. The van der Waals surface area contributed by atoms with Crippen molar-refractivity contribution in [3.8, 4) is 0 Å². The van der Waals surface area contributed by atoms with Gasteiger partial charge in [-0.1, -0.05) is 51.1 Å². The van der Waals surface area contributed by atoms with E-state index in [1.807, 2.05) is 37.3 Å². The zero-order valence-corrected chi connectivity index (χ0v) is 17.1. The van der Waals surface area contributed by atoms with Crippen molar-refractivity contribution in [3.05, 3.63) is 51.5 Å². The molecule has 27 heavy (non-hydrogen) atoms. The summed E-state index contributed by atoms with van der Waals surface area (Å²) in [5.41, 5.74) is 0.556. The van der Waals surface area contributed by atoms with Crippen LogP contribution in [-0.2, 0) is 15.6 Å². The molecule has 1 amide bonds. The first-order valence-electron chi connectivity index (χ1n) is 9.21. The van der Waals surface area contributed by atoms with Crippen molar-refractivity contribution in [3.63, 3.8) is 0 Å². The minimum Gasteiger partial charge on any atom is -0.481 e. The predicted molar refractivity (Wildman–Crippen MR) is 106 cm³/mol. The number of carbonyl (C=O) groups excluding carboxylic acids is 1. The second-order valence-corrected chi connectivity index (χ2v) is 9.23. The third-order valence-corrected chi connectivity index (χ3v) is 6.84. The van der Waals surface area contributed by atoms with E-state index in [1.54, 1.807) is 4.90 Å². The second-order valence-electron chi connectivity index (χ2n) is 8.23. The van der Waals surface area contributed by atoms with Gasteiger partial charge in [0, 0.05) is 18.5 Å². The van der Waals surface area contributed by atoms with Gasteiger partial charge in [-0.05, 0) is 25.3 Å². The molecule has 2 aromatic rings. The Bertz CT molecular complexity index is 844. The van der Waals surface area contributed by atoms with Crippen molar-refractivity contribution in [1.29, 1.82) is 0 Å². The highest BCUT2D eigenvalue weighted by molar-refractivity contribution is 7.14. The lowest BCUT2D eigenvalue weighted by Crippen LogP contribution is -2.49. The molecule has 6 heteroatoms. The number of aliphatic carboxylic acids is 1. The molecule has 1 fully saturated rings. The van der Waals surface area contributed by atoms with Crippen molar-refractivity contribution >= 4 is 23.2 Å². The van der Waals surface area contributed by atoms with E-state index in [1.165, 1.54) is 11.3 Å². The predicted octanol–water partition coefficient (Wildman–Crippen LogP) is 4.01. The van der Waals surface area contributed by atoms with E-state index < -0.39 is 11.4 Å². The number of nitrogens with zero attached hydrogens (tertiary/aromatic N) is 2. The molecule has 1 aliphatic heterocycles. The number of aryl methyl sites for hydroxylation is 1. The molecule has 0 spiro atoms. The summed E-state index contributed by atoms with van der Waals surface area (Å²) in [7, 11) is 0. The smallest absolute Gasteiger partial charge is 0.314 e. The van der Waals surface area contributed by atoms with E-state index in [0.29, 0.717) is 30.8 Å². The molecule has 5 nitrogen and oxygen atoms in total. The Balaban J connectivity index is 1.80.